The van der Waals surface area contributed by atoms with Crippen LogP contribution in [-0.4, -0.2) is 45.8 Å². The van der Waals surface area contributed by atoms with E-state index < -0.39 is 11.7 Å². The van der Waals surface area contributed by atoms with Crippen molar-refractivity contribution in [2.45, 2.75) is 58.3 Å². The van der Waals surface area contributed by atoms with Gasteiger partial charge in [-0.1, -0.05) is 0 Å². The second-order valence-electron chi connectivity index (χ2n) is 6.65. The molecule has 0 atom stereocenters. The molecule has 21 heavy (non-hydrogen) atoms. The molecule has 0 spiro atoms. The number of imidazole rings is 1. The van der Waals surface area contributed by atoms with Crippen molar-refractivity contribution in [2.24, 2.45) is 0 Å². The normalized spacial score (nSPS) is 15.3. The number of hydrogen-bond acceptors (Lipinski definition) is 4. The SMILES string of the molecule is CN(CCn1cncc1CNC(=O)OC(C)(C)C)C1CC1. The lowest BCUT2D eigenvalue weighted by molar-refractivity contribution is 0.0522. The average Bonchev–Trinajstić information content (AvgIpc) is 3.12. The van der Waals surface area contributed by atoms with Crippen LogP contribution in [0.25, 0.3) is 0 Å². The van der Waals surface area contributed by atoms with Crippen LogP contribution >= 0.6 is 0 Å². The fourth-order valence-corrected chi connectivity index (χ4v) is 2.14. The highest BCUT2D eigenvalue weighted by atomic mass is 16.6. The van der Waals surface area contributed by atoms with Crippen LogP contribution in [0.5, 0.6) is 0 Å². The lowest BCUT2D eigenvalue weighted by atomic mass is 10.2. The van der Waals surface area contributed by atoms with E-state index in [1.807, 2.05) is 27.1 Å². The molecule has 118 valence electrons. The predicted octanol–water partition coefficient (Wildman–Crippen LogP) is 2.00. The highest BCUT2D eigenvalue weighted by Crippen LogP contribution is 2.24. The van der Waals surface area contributed by atoms with Crippen LogP contribution in [-0.2, 0) is 17.8 Å². The van der Waals surface area contributed by atoms with Gasteiger partial charge in [-0.3, -0.25) is 0 Å². The third kappa shape index (κ3) is 5.38. The van der Waals surface area contributed by atoms with E-state index in [4.69, 9.17) is 4.74 Å². The Hall–Kier alpha value is -1.56. The maximum Gasteiger partial charge on any atom is 0.407 e. The molecule has 1 aliphatic carbocycles. The van der Waals surface area contributed by atoms with Gasteiger partial charge in [-0.25, -0.2) is 9.78 Å². The molecule has 6 nitrogen and oxygen atoms in total. The molecule has 1 saturated carbocycles. The molecule has 1 aromatic heterocycles. The second kappa shape index (κ2) is 6.47. The number of likely N-dealkylation sites (N-methyl/N-ethyl adjacent to an activating group) is 1. The van der Waals surface area contributed by atoms with Crippen molar-refractivity contribution in [2.75, 3.05) is 13.6 Å². The first-order valence-corrected chi connectivity index (χ1v) is 7.51. The van der Waals surface area contributed by atoms with Crippen molar-refractivity contribution >= 4 is 6.09 Å². The number of aromatic nitrogens is 2. The van der Waals surface area contributed by atoms with E-state index in [1.165, 1.54) is 12.8 Å². The zero-order valence-electron chi connectivity index (χ0n) is 13.4. The maximum absolute atomic E-state index is 11.7. The van der Waals surface area contributed by atoms with Gasteiger partial charge in [0.1, 0.15) is 5.60 Å². The van der Waals surface area contributed by atoms with E-state index in [1.54, 1.807) is 6.20 Å². The smallest absolute Gasteiger partial charge is 0.407 e. The lowest BCUT2D eigenvalue weighted by Gasteiger charge is -2.20. The van der Waals surface area contributed by atoms with Gasteiger partial charge < -0.3 is 19.5 Å². The van der Waals surface area contributed by atoms with E-state index in [0.29, 0.717) is 6.54 Å². The summed E-state index contributed by atoms with van der Waals surface area (Å²) >= 11 is 0. The summed E-state index contributed by atoms with van der Waals surface area (Å²) < 4.78 is 7.31. The minimum Gasteiger partial charge on any atom is -0.444 e. The summed E-state index contributed by atoms with van der Waals surface area (Å²) in [6.45, 7) is 7.88. The standard InChI is InChI=1S/C15H26N4O2/c1-15(2,3)21-14(20)17-10-13-9-16-11-19(13)8-7-18(4)12-5-6-12/h9,11-12H,5-8,10H2,1-4H3,(H,17,20). The molecule has 1 aliphatic rings. The van der Waals surface area contributed by atoms with Gasteiger partial charge in [0.25, 0.3) is 0 Å². The topological polar surface area (TPSA) is 59.4 Å². The minimum absolute atomic E-state index is 0.398. The number of nitrogens with one attached hydrogen (secondary N) is 1. The highest BCUT2D eigenvalue weighted by Gasteiger charge is 2.25. The number of rotatable bonds is 6. The van der Waals surface area contributed by atoms with E-state index in [0.717, 1.165) is 24.8 Å². The molecule has 1 heterocycles. The lowest BCUT2D eigenvalue weighted by Crippen LogP contribution is -2.33. The molecule has 1 N–H and O–H groups in total. The zero-order chi connectivity index (χ0) is 15.5. The Morgan fingerprint density at radius 3 is 2.86 bits per heavy atom. The van der Waals surface area contributed by atoms with E-state index in [-0.39, 0.29) is 0 Å². The van der Waals surface area contributed by atoms with Crippen LogP contribution in [0.2, 0.25) is 0 Å². The summed E-state index contributed by atoms with van der Waals surface area (Å²) in [4.78, 5) is 18.2. The zero-order valence-corrected chi connectivity index (χ0v) is 13.4. The van der Waals surface area contributed by atoms with Gasteiger partial charge in [0, 0.05) is 25.3 Å². The molecular formula is C15H26N4O2. The Balaban J connectivity index is 1.78. The Labute approximate surface area is 126 Å². The molecule has 0 saturated heterocycles. The number of nitrogens with zero attached hydrogens (tertiary/aromatic N) is 3. The molecule has 0 bridgehead atoms. The van der Waals surface area contributed by atoms with E-state index in [9.17, 15) is 4.79 Å². The quantitative estimate of drug-likeness (QED) is 0.872. The second-order valence-corrected chi connectivity index (χ2v) is 6.65. The molecule has 0 radical (unpaired) electrons. The fourth-order valence-electron chi connectivity index (χ4n) is 2.14. The van der Waals surface area contributed by atoms with Crippen molar-refractivity contribution in [1.29, 1.82) is 0 Å². The number of alkyl carbamates (subject to hydrolysis) is 1. The van der Waals surface area contributed by atoms with Gasteiger partial charge in [0.15, 0.2) is 0 Å². The summed E-state index contributed by atoms with van der Waals surface area (Å²) in [5.41, 5.74) is 0.516. The first-order valence-electron chi connectivity index (χ1n) is 7.51. The molecular weight excluding hydrogens is 268 g/mol. The molecule has 0 aromatic carbocycles. The largest absolute Gasteiger partial charge is 0.444 e. The van der Waals surface area contributed by atoms with Gasteiger partial charge in [-0.15, -0.1) is 0 Å². The number of carbonyl (C=O) groups is 1. The van der Waals surface area contributed by atoms with Crippen LogP contribution in [0, 0.1) is 0 Å². The van der Waals surface area contributed by atoms with Crippen LogP contribution in [0.1, 0.15) is 39.3 Å². The minimum atomic E-state index is -0.475. The molecule has 0 aliphatic heterocycles. The highest BCUT2D eigenvalue weighted by molar-refractivity contribution is 5.67. The first-order chi connectivity index (χ1) is 9.85. The Morgan fingerprint density at radius 2 is 2.24 bits per heavy atom. The van der Waals surface area contributed by atoms with Crippen molar-refractivity contribution in [3.8, 4) is 0 Å². The molecule has 0 unspecified atom stereocenters. The fraction of sp³-hybridized carbons (Fsp3) is 0.733. The van der Waals surface area contributed by atoms with Crippen LogP contribution in [0.15, 0.2) is 12.5 Å². The maximum atomic E-state index is 11.7. The average molecular weight is 294 g/mol. The molecule has 2 rings (SSSR count). The van der Waals surface area contributed by atoms with Crippen molar-refractivity contribution in [1.82, 2.24) is 19.8 Å². The van der Waals surface area contributed by atoms with Crippen molar-refractivity contribution in [3.05, 3.63) is 18.2 Å². The predicted molar refractivity (Wildman–Crippen MR) is 81.0 cm³/mol. The summed E-state index contributed by atoms with van der Waals surface area (Å²) in [7, 11) is 2.16. The monoisotopic (exact) mass is 294 g/mol. The van der Waals surface area contributed by atoms with Crippen LogP contribution in [0.4, 0.5) is 4.79 Å². The Bertz CT molecular complexity index is 474. The number of amides is 1. The third-order valence-corrected chi connectivity index (χ3v) is 3.48. The summed E-state index contributed by atoms with van der Waals surface area (Å²) in [5, 5.41) is 2.77. The van der Waals surface area contributed by atoms with E-state index in [2.05, 4.69) is 26.8 Å². The van der Waals surface area contributed by atoms with Crippen LogP contribution < -0.4 is 5.32 Å². The first kappa shape index (κ1) is 15.8. The number of ether oxygens (including phenoxy) is 1. The molecule has 6 heteroatoms. The van der Waals surface area contributed by atoms with Crippen molar-refractivity contribution in [3.63, 3.8) is 0 Å². The summed E-state index contributed by atoms with van der Waals surface area (Å²) in [5.74, 6) is 0. The van der Waals surface area contributed by atoms with E-state index >= 15 is 0 Å². The molecule has 1 aromatic rings. The van der Waals surface area contributed by atoms with Gasteiger partial charge in [0.05, 0.1) is 18.6 Å². The van der Waals surface area contributed by atoms with Gasteiger partial charge in [-0.2, -0.15) is 0 Å². The molecule has 1 fully saturated rings. The van der Waals surface area contributed by atoms with Gasteiger partial charge >= 0.3 is 6.09 Å². The number of hydrogen-bond donors (Lipinski definition) is 1. The third-order valence-electron chi connectivity index (χ3n) is 3.48. The Morgan fingerprint density at radius 1 is 1.52 bits per heavy atom. The Kier molecular flexibility index (Phi) is 4.88. The van der Waals surface area contributed by atoms with Gasteiger partial charge in [0.2, 0.25) is 0 Å². The van der Waals surface area contributed by atoms with Crippen molar-refractivity contribution < 1.29 is 9.53 Å². The van der Waals surface area contributed by atoms with Crippen LogP contribution in [0.3, 0.4) is 0 Å². The van der Waals surface area contributed by atoms with Gasteiger partial charge in [-0.05, 0) is 40.7 Å². The summed E-state index contributed by atoms with van der Waals surface area (Å²) in [6.07, 6.45) is 5.83. The molecule has 1 amide bonds. The number of carbonyl (C=O) groups excluding carboxylic acids is 1. The summed E-state index contributed by atoms with van der Waals surface area (Å²) in [6, 6.07) is 0.761.